The van der Waals surface area contributed by atoms with Gasteiger partial charge in [-0.25, -0.2) is 0 Å². The molecule has 0 aliphatic rings. The van der Waals surface area contributed by atoms with Crippen molar-refractivity contribution >= 4 is 17.6 Å². The third-order valence-corrected chi connectivity index (χ3v) is 3.26. The highest BCUT2D eigenvalue weighted by Gasteiger charge is 2.12. The standard InChI is InChI=1S/C19H21NO4/c1-3-4-13-23-18-8-6-5-7-17(18)19(22)20-15-9-11-16(12-10-15)24-14(2)21/h5-12H,3-4,13H2,1-2H3,(H,20,22). The Labute approximate surface area is 141 Å². The van der Waals surface area contributed by atoms with E-state index in [4.69, 9.17) is 9.47 Å². The molecule has 0 saturated heterocycles. The van der Waals surface area contributed by atoms with Gasteiger partial charge in [0.1, 0.15) is 11.5 Å². The van der Waals surface area contributed by atoms with Crippen molar-refractivity contribution in [2.75, 3.05) is 11.9 Å². The fraction of sp³-hybridized carbons (Fsp3) is 0.263. The second-order valence-corrected chi connectivity index (χ2v) is 5.27. The minimum atomic E-state index is -0.384. The molecular weight excluding hydrogens is 306 g/mol. The average Bonchev–Trinajstić information content (AvgIpc) is 2.57. The van der Waals surface area contributed by atoms with Crippen LogP contribution in [0, 0.1) is 0 Å². The van der Waals surface area contributed by atoms with Crippen LogP contribution in [0.5, 0.6) is 11.5 Å². The molecule has 0 atom stereocenters. The number of esters is 1. The summed E-state index contributed by atoms with van der Waals surface area (Å²) in [7, 11) is 0. The number of nitrogens with one attached hydrogen (secondary N) is 1. The lowest BCUT2D eigenvalue weighted by Gasteiger charge is -2.11. The van der Waals surface area contributed by atoms with Gasteiger partial charge in [-0.3, -0.25) is 9.59 Å². The number of carbonyl (C=O) groups excluding carboxylic acids is 2. The topological polar surface area (TPSA) is 64.6 Å². The molecule has 2 aromatic carbocycles. The van der Waals surface area contributed by atoms with Gasteiger partial charge in [0.15, 0.2) is 0 Å². The lowest BCUT2D eigenvalue weighted by molar-refractivity contribution is -0.131. The zero-order chi connectivity index (χ0) is 17.4. The Morgan fingerprint density at radius 3 is 2.42 bits per heavy atom. The van der Waals surface area contributed by atoms with Gasteiger partial charge in [0.2, 0.25) is 0 Å². The number of ether oxygens (including phenoxy) is 2. The Morgan fingerprint density at radius 2 is 1.75 bits per heavy atom. The fourth-order valence-corrected chi connectivity index (χ4v) is 2.08. The molecule has 24 heavy (non-hydrogen) atoms. The van der Waals surface area contributed by atoms with E-state index in [1.807, 2.05) is 6.07 Å². The molecule has 5 heteroatoms. The largest absolute Gasteiger partial charge is 0.493 e. The van der Waals surface area contributed by atoms with E-state index in [2.05, 4.69) is 12.2 Å². The highest BCUT2D eigenvalue weighted by Crippen LogP contribution is 2.21. The van der Waals surface area contributed by atoms with Gasteiger partial charge in [0.05, 0.1) is 12.2 Å². The normalized spacial score (nSPS) is 10.1. The summed E-state index contributed by atoms with van der Waals surface area (Å²) >= 11 is 0. The summed E-state index contributed by atoms with van der Waals surface area (Å²) in [6.07, 6.45) is 1.97. The van der Waals surface area contributed by atoms with E-state index in [1.54, 1.807) is 42.5 Å². The summed E-state index contributed by atoms with van der Waals surface area (Å²) in [6.45, 7) is 4.00. The van der Waals surface area contributed by atoms with E-state index in [0.29, 0.717) is 29.4 Å². The van der Waals surface area contributed by atoms with Crippen LogP contribution in [-0.2, 0) is 4.79 Å². The summed E-state index contributed by atoms with van der Waals surface area (Å²) in [5.41, 5.74) is 1.09. The Hall–Kier alpha value is -2.82. The molecule has 0 bridgehead atoms. The van der Waals surface area contributed by atoms with E-state index >= 15 is 0 Å². The van der Waals surface area contributed by atoms with Crippen molar-refractivity contribution in [1.29, 1.82) is 0 Å². The number of anilines is 1. The number of unbranched alkanes of at least 4 members (excludes halogenated alkanes) is 1. The predicted molar refractivity (Wildman–Crippen MR) is 92.5 cm³/mol. The molecule has 0 unspecified atom stereocenters. The van der Waals surface area contributed by atoms with Crippen LogP contribution in [0.1, 0.15) is 37.0 Å². The maximum atomic E-state index is 12.5. The van der Waals surface area contributed by atoms with E-state index in [9.17, 15) is 9.59 Å². The number of hydrogen-bond donors (Lipinski definition) is 1. The average molecular weight is 327 g/mol. The molecule has 0 fully saturated rings. The summed E-state index contributed by atoms with van der Waals surface area (Å²) in [5.74, 6) is 0.371. The quantitative estimate of drug-likeness (QED) is 0.473. The molecule has 0 aromatic heterocycles. The van der Waals surface area contributed by atoms with Crippen molar-refractivity contribution in [3.05, 3.63) is 54.1 Å². The molecule has 0 radical (unpaired) electrons. The third-order valence-electron chi connectivity index (χ3n) is 3.26. The van der Waals surface area contributed by atoms with Gasteiger partial charge in [-0.05, 0) is 42.8 Å². The molecule has 126 valence electrons. The fourth-order valence-electron chi connectivity index (χ4n) is 2.08. The monoisotopic (exact) mass is 327 g/mol. The predicted octanol–water partition coefficient (Wildman–Crippen LogP) is 4.04. The third kappa shape index (κ3) is 5.12. The number of rotatable bonds is 7. The van der Waals surface area contributed by atoms with E-state index < -0.39 is 0 Å². The van der Waals surface area contributed by atoms with Crippen LogP contribution in [-0.4, -0.2) is 18.5 Å². The SMILES string of the molecule is CCCCOc1ccccc1C(=O)Nc1ccc(OC(C)=O)cc1. The molecule has 1 N–H and O–H groups in total. The van der Waals surface area contributed by atoms with E-state index in [0.717, 1.165) is 12.8 Å². The number of para-hydroxylation sites is 1. The first kappa shape index (κ1) is 17.5. The Morgan fingerprint density at radius 1 is 1.04 bits per heavy atom. The minimum absolute atomic E-state index is 0.248. The Balaban J connectivity index is 2.05. The highest BCUT2D eigenvalue weighted by atomic mass is 16.5. The molecule has 0 spiro atoms. The first-order valence-electron chi connectivity index (χ1n) is 7.92. The zero-order valence-electron chi connectivity index (χ0n) is 13.9. The van der Waals surface area contributed by atoms with Crippen LogP contribution >= 0.6 is 0 Å². The Kier molecular flexibility index (Phi) is 6.37. The summed E-state index contributed by atoms with van der Waals surface area (Å²) in [5, 5.41) is 2.81. The maximum absolute atomic E-state index is 12.5. The first-order valence-corrected chi connectivity index (χ1v) is 7.92. The second kappa shape index (κ2) is 8.72. The molecular formula is C19H21NO4. The first-order chi connectivity index (χ1) is 11.6. The molecule has 2 rings (SSSR count). The van der Waals surface area contributed by atoms with Crippen molar-refractivity contribution in [1.82, 2.24) is 0 Å². The molecule has 0 aliphatic carbocycles. The highest BCUT2D eigenvalue weighted by molar-refractivity contribution is 6.06. The van der Waals surface area contributed by atoms with Crippen molar-refractivity contribution in [2.24, 2.45) is 0 Å². The number of carbonyl (C=O) groups is 2. The van der Waals surface area contributed by atoms with Crippen molar-refractivity contribution < 1.29 is 19.1 Å². The lowest BCUT2D eigenvalue weighted by Crippen LogP contribution is -2.14. The van der Waals surface area contributed by atoms with E-state index in [-0.39, 0.29) is 11.9 Å². The van der Waals surface area contributed by atoms with E-state index in [1.165, 1.54) is 6.92 Å². The smallest absolute Gasteiger partial charge is 0.308 e. The number of hydrogen-bond acceptors (Lipinski definition) is 4. The Bertz CT molecular complexity index is 695. The number of benzene rings is 2. The second-order valence-electron chi connectivity index (χ2n) is 5.27. The molecule has 2 aromatic rings. The van der Waals surface area contributed by atoms with Gasteiger partial charge in [-0.2, -0.15) is 0 Å². The molecule has 0 aliphatic heterocycles. The summed E-state index contributed by atoms with van der Waals surface area (Å²) < 4.78 is 10.6. The van der Waals surface area contributed by atoms with Crippen LogP contribution in [0.25, 0.3) is 0 Å². The van der Waals surface area contributed by atoms with Crippen LogP contribution < -0.4 is 14.8 Å². The van der Waals surface area contributed by atoms with Gasteiger partial charge in [0, 0.05) is 12.6 Å². The van der Waals surface area contributed by atoms with Gasteiger partial charge in [0.25, 0.3) is 5.91 Å². The van der Waals surface area contributed by atoms with Crippen LogP contribution in [0.3, 0.4) is 0 Å². The van der Waals surface area contributed by atoms with Crippen molar-refractivity contribution in [3.63, 3.8) is 0 Å². The number of amides is 1. The minimum Gasteiger partial charge on any atom is -0.493 e. The van der Waals surface area contributed by atoms with Crippen molar-refractivity contribution in [2.45, 2.75) is 26.7 Å². The molecule has 0 heterocycles. The summed E-state index contributed by atoms with van der Waals surface area (Å²) in [4.78, 5) is 23.4. The molecule has 0 saturated carbocycles. The van der Waals surface area contributed by atoms with Gasteiger partial charge in [-0.1, -0.05) is 25.5 Å². The summed E-state index contributed by atoms with van der Waals surface area (Å²) in [6, 6.07) is 13.8. The van der Waals surface area contributed by atoms with Gasteiger partial charge < -0.3 is 14.8 Å². The molecule has 1 amide bonds. The van der Waals surface area contributed by atoms with Crippen LogP contribution in [0.4, 0.5) is 5.69 Å². The lowest BCUT2D eigenvalue weighted by atomic mass is 10.2. The van der Waals surface area contributed by atoms with Gasteiger partial charge >= 0.3 is 5.97 Å². The molecule has 5 nitrogen and oxygen atoms in total. The van der Waals surface area contributed by atoms with Crippen LogP contribution in [0.2, 0.25) is 0 Å². The zero-order valence-corrected chi connectivity index (χ0v) is 13.9. The van der Waals surface area contributed by atoms with Gasteiger partial charge in [-0.15, -0.1) is 0 Å². The maximum Gasteiger partial charge on any atom is 0.308 e. The van der Waals surface area contributed by atoms with Crippen LogP contribution in [0.15, 0.2) is 48.5 Å². The van der Waals surface area contributed by atoms with Crippen molar-refractivity contribution in [3.8, 4) is 11.5 Å².